The molecule has 0 saturated heterocycles. The first-order valence-corrected chi connectivity index (χ1v) is 15.8. The average molecular weight is 540 g/mol. The number of nitrogens with two attached hydrogens (primary N) is 1. The van der Waals surface area contributed by atoms with Crippen LogP contribution in [0.4, 0.5) is 0 Å². The van der Waals surface area contributed by atoms with Gasteiger partial charge in [-0.25, -0.2) is 26.7 Å². The highest BCUT2D eigenvalue weighted by Gasteiger charge is 2.30. The van der Waals surface area contributed by atoms with Crippen LogP contribution >= 0.6 is 0 Å². The lowest BCUT2D eigenvalue weighted by molar-refractivity contribution is 0.389. The van der Waals surface area contributed by atoms with Crippen molar-refractivity contribution < 1.29 is 16.8 Å². The highest BCUT2D eigenvalue weighted by atomic mass is 32.2. The van der Waals surface area contributed by atoms with Crippen molar-refractivity contribution in [2.45, 2.75) is 115 Å². The van der Waals surface area contributed by atoms with E-state index in [1.807, 2.05) is 52.2 Å². The molecule has 0 radical (unpaired) electrons. The third-order valence-corrected chi connectivity index (χ3v) is 9.27. The Bertz CT molecular complexity index is 1280. The van der Waals surface area contributed by atoms with Crippen LogP contribution in [0, 0.1) is 12.8 Å². The molecule has 0 amide bonds. The van der Waals surface area contributed by atoms with Gasteiger partial charge in [-0.2, -0.15) is 0 Å². The van der Waals surface area contributed by atoms with E-state index in [0.717, 1.165) is 36.9 Å². The summed E-state index contributed by atoms with van der Waals surface area (Å²) in [6.07, 6.45) is 4.24. The summed E-state index contributed by atoms with van der Waals surface area (Å²) in [5, 5.41) is 5.57. The third-order valence-electron chi connectivity index (χ3n) is 6.42. The van der Waals surface area contributed by atoms with Crippen molar-refractivity contribution in [3.8, 4) is 11.3 Å². The summed E-state index contributed by atoms with van der Waals surface area (Å²) in [4.78, 5) is 0.329. The maximum absolute atomic E-state index is 13.3. The van der Waals surface area contributed by atoms with Crippen LogP contribution in [0.1, 0.15) is 92.3 Å². The molecule has 0 bridgehead atoms. The number of hydrogen-bond donors (Lipinski definition) is 2. The predicted octanol–water partition coefficient (Wildman–Crippen LogP) is 5.70. The van der Waals surface area contributed by atoms with E-state index in [9.17, 15) is 16.8 Å². The van der Waals surface area contributed by atoms with Crippen LogP contribution in [0.15, 0.2) is 34.1 Å². The minimum atomic E-state index is -3.92. The van der Waals surface area contributed by atoms with Crippen molar-refractivity contribution in [2.24, 2.45) is 11.1 Å². The molecule has 1 aromatic carbocycles. The standard InChI is InChI=1S/C27H45N3O4S2/c1-10-12-13-20(11-2)18-30-19(3)25(35(28,31)32)17-23(30)21-14-15-24(22(16-21)26(4,5)6)36(33,34)29-27(7,8)9/h14-17,20,29H,10-13,18H2,1-9H3,(H2,28,31,32). The van der Waals surface area contributed by atoms with Gasteiger partial charge >= 0.3 is 0 Å². The number of hydrogen-bond acceptors (Lipinski definition) is 4. The quantitative estimate of drug-likeness (QED) is 0.403. The van der Waals surface area contributed by atoms with Gasteiger partial charge < -0.3 is 4.57 Å². The van der Waals surface area contributed by atoms with Crippen LogP contribution in [0.5, 0.6) is 0 Å². The first kappa shape index (κ1) is 30.5. The Morgan fingerprint density at radius 3 is 2.06 bits per heavy atom. The Morgan fingerprint density at radius 2 is 1.58 bits per heavy atom. The summed E-state index contributed by atoms with van der Waals surface area (Å²) in [7, 11) is -7.69. The smallest absolute Gasteiger partial charge is 0.241 e. The zero-order valence-corrected chi connectivity index (χ0v) is 25.0. The molecule has 0 aliphatic rings. The fourth-order valence-electron chi connectivity index (χ4n) is 4.53. The molecule has 0 aliphatic carbocycles. The molecular formula is C27H45N3O4S2. The van der Waals surface area contributed by atoms with Crippen LogP contribution in [-0.4, -0.2) is 26.9 Å². The van der Waals surface area contributed by atoms with Gasteiger partial charge in [0.2, 0.25) is 20.0 Å². The van der Waals surface area contributed by atoms with Crippen LogP contribution in [0.3, 0.4) is 0 Å². The fraction of sp³-hybridized carbons (Fsp3) is 0.630. The molecule has 0 fully saturated rings. The van der Waals surface area contributed by atoms with Crippen molar-refractivity contribution >= 4 is 20.0 Å². The van der Waals surface area contributed by atoms with Gasteiger partial charge in [-0.05, 0) is 74.8 Å². The van der Waals surface area contributed by atoms with Crippen LogP contribution in [0.2, 0.25) is 0 Å². The monoisotopic (exact) mass is 539 g/mol. The lowest BCUT2D eigenvalue weighted by atomic mass is 9.85. The lowest BCUT2D eigenvalue weighted by Crippen LogP contribution is -2.41. The Kier molecular flexibility index (Phi) is 9.31. The molecule has 9 heteroatoms. The largest absolute Gasteiger partial charge is 0.343 e. The SMILES string of the molecule is CCCCC(CC)Cn1c(-c2ccc(S(=O)(=O)NC(C)(C)C)c(C(C)(C)C)c2)cc(S(N)(=O)=O)c1C. The van der Waals surface area contributed by atoms with E-state index in [1.165, 1.54) is 0 Å². The summed E-state index contributed by atoms with van der Waals surface area (Å²) in [6, 6.07) is 6.89. The lowest BCUT2D eigenvalue weighted by Gasteiger charge is -2.27. The first-order chi connectivity index (χ1) is 16.3. The molecule has 1 atom stereocenters. The van der Waals surface area contributed by atoms with Crippen LogP contribution in [-0.2, 0) is 32.0 Å². The highest BCUT2D eigenvalue weighted by molar-refractivity contribution is 7.89. The zero-order chi connectivity index (χ0) is 27.7. The fourth-order valence-corrected chi connectivity index (χ4v) is 7.14. The number of aromatic nitrogens is 1. The molecule has 7 nitrogen and oxygen atoms in total. The number of primary sulfonamides is 1. The molecule has 2 rings (SSSR count). The number of benzene rings is 1. The molecule has 1 unspecified atom stereocenters. The number of sulfonamides is 2. The van der Waals surface area contributed by atoms with E-state index in [1.54, 1.807) is 25.1 Å². The van der Waals surface area contributed by atoms with Gasteiger partial charge in [-0.15, -0.1) is 0 Å². The Hall–Kier alpha value is -1.68. The van der Waals surface area contributed by atoms with Crippen molar-refractivity contribution in [1.29, 1.82) is 0 Å². The second-order valence-corrected chi connectivity index (χ2v) is 15.0. The van der Waals surface area contributed by atoms with Gasteiger partial charge in [0.15, 0.2) is 0 Å². The van der Waals surface area contributed by atoms with Gasteiger partial charge in [-0.1, -0.05) is 59.9 Å². The summed E-state index contributed by atoms with van der Waals surface area (Å²) in [5.74, 6) is 0.390. The van der Waals surface area contributed by atoms with E-state index in [4.69, 9.17) is 5.14 Å². The molecule has 0 spiro atoms. The van der Waals surface area contributed by atoms with Crippen molar-refractivity contribution in [1.82, 2.24) is 9.29 Å². The van der Waals surface area contributed by atoms with Crippen molar-refractivity contribution in [2.75, 3.05) is 0 Å². The molecular weight excluding hydrogens is 494 g/mol. The maximum Gasteiger partial charge on any atom is 0.241 e. The molecule has 1 heterocycles. The number of nitrogens with zero attached hydrogens (tertiary/aromatic N) is 1. The summed E-state index contributed by atoms with van der Waals surface area (Å²) in [5.41, 5.74) is 1.66. The average Bonchev–Trinajstić information content (AvgIpc) is 3.04. The Balaban J connectivity index is 2.78. The number of nitrogens with one attached hydrogen (secondary N) is 1. The molecule has 0 aliphatic heterocycles. The van der Waals surface area contributed by atoms with Gasteiger partial charge in [0, 0.05) is 23.5 Å². The van der Waals surface area contributed by atoms with Gasteiger partial charge in [0.05, 0.1) is 4.90 Å². The predicted molar refractivity (Wildman–Crippen MR) is 148 cm³/mol. The third kappa shape index (κ3) is 7.43. The van der Waals surface area contributed by atoms with E-state index in [0.29, 0.717) is 23.7 Å². The van der Waals surface area contributed by atoms with E-state index in [-0.39, 0.29) is 9.79 Å². The molecule has 204 valence electrons. The van der Waals surface area contributed by atoms with Crippen LogP contribution in [0.25, 0.3) is 11.3 Å². The van der Waals surface area contributed by atoms with Gasteiger partial charge in [-0.3, -0.25) is 0 Å². The first-order valence-electron chi connectivity index (χ1n) is 12.7. The van der Waals surface area contributed by atoms with E-state index < -0.39 is 31.0 Å². The topological polar surface area (TPSA) is 111 Å². The van der Waals surface area contributed by atoms with Gasteiger partial charge in [0.1, 0.15) is 4.90 Å². The summed E-state index contributed by atoms with van der Waals surface area (Å²) < 4.78 is 56.2. The molecule has 1 aromatic heterocycles. The van der Waals surface area contributed by atoms with E-state index >= 15 is 0 Å². The maximum atomic E-state index is 13.3. The second kappa shape index (κ2) is 11.0. The zero-order valence-electron chi connectivity index (χ0n) is 23.4. The van der Waals surface area contributed by atoms with Gasteiger partial charge in [0.25, 0.3) is 0 Å². The minimum Gasteiger partial charge on any atom is -0.343 e. The molecule has 3 N–H and O–H groups in total. The Labute approximate surface area is 219 Å². The van der Waals surface area contributed by atoms with Crippen molar-refractivity contribution in [3.63, 3.8) is 0 Å². The Morgan fingerprint density at radius 1 is 0.972 bits per heavy atom. The molecule has 0 saturated carbocycles. The molecule has 2 aromatic rings. The number of rotatable bonds is 10. The van der Waals surface area contributed by atoms with E-state index in [2.05, 4.69) is 18.6 Å². The second-order valence-electron chi connectivity index (χ2n) is 11.9. The van der Waals surface area contributed by atoms with Crippen LogP contribution < -0.4 is 9.86 Å². The van der Waals surface area contributed by atoms with Crippen molar-refractivity contribution in [3.05, 3.63) is 35.5 Å². The highest BCUT2D eigenvalue weighted by Crippen LogP contribution is 2.36. The molecule has 36 heavy (non-hydrogen) atoms. The number of unbranched alkanes of at least 4 members (excludes halogenated alkanes) is 1. The summed E-state index contributed by atoms with van der Waals surface area (Å²) in [6.45, 7) is 18.1. The normalized spacial score (nSPS) is 14.3. The minimum absolute atomic E-state index is 0.103. The summed E-state index contributed by atoms with van der Waals surface area (Å²) >= 11 is 0.